The van der Waals surface area contributed by atoms with Gasteiger partial charge in [0.25, 0.3) is 5.91 Å². The second kappa shape index (κ2) is 7.94. The zero-order chi connectivity index (χ0) is 18.7. The van der Waals surface area contributed by atoms with Crippen LogP contribution < -0.4 is 5.32 Å². The van der Waals surface area contributed by atoms with Crippen LogP contribution in [0.5, 0.6) is 0 Å². The molecule has 1 N–H and O–H groups in total. The lowest BCUT2D eigenvalue weighted by atomic mass is 10.3. The Bertz CT molecular complexity index is 943. The number of thiazole rings is 1. The first-order valence-electron chi connectivity index (χ1n) is 7.40. The van der Waals surface area contributed by atoms with E-state index >= 15 is 0 Å². The Morgan fingerprint density at radius 3 is 2.81 bits per heavy atom. The number of thiophene rings is 1. The van der Waals surface area contributed by atoms with E-state index < -0.39 is 23.8 Å². The van der Waals surface area contributed by atoms with Crippen molar-refractivity contribution in [1.29, 1.82) is 0 Å². The van der Waals surface area contributed by atoms with E-state index in [1.165, 1.54) is 41.7 Å². The number of anilines is 1. The number of esters is 1. The van der Waals surface area contributed by atoms with Gasteiger partial charge in [-0.3, -0.25) is 4.79 Å². The first kappa shape index (κ1) is 18.5. The van der Waals surface area contributed by atoms with E-state index in [1.807, 2.05) is 17.5 Å². The van der Waals surface area contributed by atoms with Crippen LogP contribution in [0, 0.1) is 5.82 Å². The number of nitrogens with zero attached hydrogens (tertiary/aromatic N) is 1. The molecule has 1 aromatic carbocycles. The van der Waals surface area contributed by atoms with Crippen LogP contribution in [0.1, 0.15) is 17.4 Å². The summed E-state index contributed by atoms with van der Waals surface area (Å²) in [6.45, 7) is 1.43. The van der Waals surface area contributed by atoms with E-state index in [2.05, 4.69) is 10.3 Å². The molecule has 0 aliphatic carbocycles. The zero-order valence-electron chi connectivity index (χ0n) is 13.4. The van der Waals surface area contributed by atoms with Crippen LogP contribution in [0.3, 0.4) is 0 Å². The number of rotatable bonds is 5. The summed E-state index contributed by atoms with van der Waals surface area (Å²) >= 11 is 8.70. The van der Waals surface area contributed by atoms with Crippen LogP contribution in [-0.2, 0) is 9.53 Å². The summed E-state index contributed by atoms with van der Waals surface area (Å²) in [6.07, 6.45) is -1.07. The molecule has 0 saturated heterocycles. The van der Waals surface area contributed by atoms with Crippen molar-refractivity contribution in [1.82, 2.24) is 4.98 Å². The Hall–Kier alpha value is -2.29. The van der Waals surface area contributed by atoms with Gasteiger partial charge in [-0.1, -0.05) is 17.7 Å². The van der Waals surface area contributed by atoms with Gasteiger partial charge in [0.1, 0.15) is 10.8 Å². The van der Waals surface area contributed by atoms with Gasteiger partial charge in [-0.2, -0.15) is 0 Å². The van der Waals surface area contributed by atoms with Gasteiger partial charge < -0.3 is 10.1 Å². The molecule has 0 aliphatic heterocycles. The summed E-state index contributed by atoms with van der Waals surface area (Å²) in [5.74, 6) is -1.80. The number of carbonyl (C=O) groups excluding carboxylic acids is 2. The van der Waals surface area contributed by atoms with Crippen molar-refractivity contribution in [2.75, 3.05) is 5.32 Å². The van der Waals surface area contributed by atoms with E-state index in [4.69, 9.17) is 16.3 Å². The fourth-order valence-electron chi connectivity index (χ4n) is 1.98. The predicted octanol–water partition coefficient (Wildman–Crippen LogP) is 4.85. The zero-order valence-corrected chi connectivity index (χ0v) is 15.8. The monoisotopic (exact) mass is 410 g/mol. The van der Waals surface area contributed by atoms with Gasteiger partial charge in [0.2, 0.25) is 0 Å². The molecule has 0 fully saturated rings. The summed E-state index contributed by atoms with van der Waals surface area (Å²) in [5.41, 5.74) is 0.368. The number of amides is 1. The van der Waals surface area contributed by atoms with E-state index in [0.29, 0.717) is 5.01 Å². The average molecular weight is 411 g/mol. The third-order valence-electron chi connectivity index (χ3n) is 3.29. The SMILES string of the molecule is C[C@@H](OC(=O)c1csc(-c2cccs2)n1)C(=O)Nc1ccc(F)cc1Cl. The van der Waals surface area contributed by atoms with Crippen molar-refractivity contribution in [3.05, 3.63) is 57.6 Å². The van der Waals surface area contributed by atoms with Crippen LogP contribution in [0.2, 0.25) is 5.02 Å². The molecule has 2 heterocycles. The maximum atomic E-state index is 13.0. The standard InChI is InChI=1S/C17H12ClFN2O3S2/c1-9(15(22)20-12-5-4-10(19)7-11(12)18)24-17(23)13-8-26-16(21-13)14-3-2-6-25-14/h2-9H,1H3,(H,20,22)/t9-/m1/s1. The molecular weight excluding hydrogens is 399 g/mol. The van der Waals surface area contributed by atoms with Crippen molar-refractivity contribution in [2.24, 2.45) is 0 Å². The fraction of sp³-hybridized carbons (Fsp3) is 0.118. The number of aromatic nitrogens is 1. The van der Waals surface area contributed by atoms with Crippen molar-refractivity contribution in [3.63, 3.8) is 0 Å². The molecule has 26 heavy (non-hydrogen) atoms. The molecule has 3 rings (SSSR count). The lowest BCUT2D eigenvalue weighted by molar-refractivity contribution is -0.123. The van der Waals surface area contributed by atoms with Crippen molar-refractivity contribution >= 4 is 51.8 Å². The third-order valence-corrected chi connectivity index (χ3v) is 5.48. The summed E-state index contributed by atoms with van der Waals surface area (Å²) < 4.78 is 18.2. The van der Waals surface area contributed by atoms with Crippen LogP contribution in [0.15, 0.2) is 41.1 Å². The number of ether oxygens (including phenoxy) is 1. The van der Waals surface area contributed by atoms with Crippen molar-refractivity contribution in [3.8, 4) is 9.88 Å². The Kier molecular flexibility index (Phi) is 5.65. The van der Waals surface area contributed by atoms with Gasteiger partial charge >= 0.3 is 5.97 Å². The maximum absolute atomic E-state index is 13.0. The Balaban J connectivity index is 1.62. The highest BCUT2D eigenvalue weighted by molar-refractivity contribution is 7.20. The van der Waals surface area contributed by atoms with E-state index in [1.54, 1.807) is 5.38 Å². The van der Waals surface area contributed by atoms with Gasteiger partial charge in [-0.25, -0.2) is 14.2 Å². The highest BCUT2D eigenvalue weighted by Gasteiger charge is 2.22. The summed E-state index contributed by atoms with van der Waals surface area (Å²) in [6, 6.07) is 7.38. The topological polar surface area (TPSA) is 68.3 Å². The van der Waals surface area contributed by atoms with E-state index in [0.717, 1.165) is 10.9 Å². The summed E-state index contributed by atoms with van der Waals surface area (Å²) in [5, 5.41) is 6.75. The van der Waals surface area contributed by atoms with Crippen molar-refractivity contribution < 1.29 is 18.7 Å². The number of hydrogen-bond donors (Lipinski definition) is 1. The minimum absolute atomic E-state index is 0.0527. The fourth-order valence-corrected chi connectivity index (χ4v) is 3.80. The smallest absolute Gasteiger partial charge is 0.358 e. The molecule has 0 saturated carbocycles. The molecule has 134 valence electrons. The molecule has 0 aliphatic rings. The van der Waals surface area contributed by atoms with Crippen molar-refractivity contribution in [2.45, 2.75) is 13.0 Å². The first-order chi connectivity index (χ1) is 12.4. The minimum atomic E-state index is -1.07. The van der Waals surface area contributed by atoms with E-state index in [-0.39, 0.29) is 16.4 Å². The molecule has 0 radical (unpaired) electrons. The Morgan fingerprint density at radius 1 is 1.31 bits per heavy atom. The third kappa shape index (κ3) is 4.27. The van der Waals surface area contributed by atoms with Crippen LogP contribution >= 0.6 is 34.3 Å². The lowest BCUT2D eigenvalue weighted by Crippen LogP contribution is -2.30. The number of carbonyl (C=O) groups is 2. The molecule has 5 nitrogen and oxygen atoms in total. The number of nitrogens with one attached hydrogen (secondary N) is 1. The Labute approximate surface area is 161 Å². The van der Waals surface area contributed by atoms with Crippen LogP contribution in [-0.4, -0.2) is 23.0 Å². The Morgan fingerprint density at radius 2 is 2.12 bits per heavy atom. The number of hydrogen-bond acceptors (Lipinski definition) is 6. The minimum Gasteiger partial charge on any atom is -0.448 e. The first-order valence-corrected chi connectivity index (χ1v) is 9.54. The molecule has 0 unspecified atom stereocenters. The van der Waals surface area contributed by atoms with Crippen LogP contribution in [0.25, 0.3) is 9.88 Å². The molecular formula is C17H12ClFN2O3S2. The maximum Gasteiger partial charge on any atom is 0.358 e. The highest BCUT2D eigenvalue weighted by Crippen LogP contribution is 2.28. The number of halogens is 2. The highest BCUT2D eigenvalue weighted by atomic mass is 35.5. The van der Waals surface area contributed by atoms with E-state index in [9.17, 15) is 14.0 Å². The quantitative estimate of drug-likeness (QED) is 0.610. The summed E-state index contributed by atoms with van der Waals surface area (Å²) in [7, 11) is 0. The largest absolute Gasteiger partial charge is 0.448 e. The summed E-state index contributed by atoms with van der Waals surface area (Å²) in [4.78, 5) is 29.5. The van der Waals surface area contributed by atoms with Gasteiger partial charge in [-0.15, -0.1) is 22.7 Å². The molecule has 2 aromatic heterocycles. The average Bonchev–Trinajstić information content (AvgIpc) is 3.28. The second-order valence-electron chi connectivity index (χ2n) is 5.18. The molecule has 3 aromatic rings. The molecule has 0 bridgehead atoms. The normalized spacial score (nSPS) is 11.8. The van der Waals surface area contributed by atoms with Crippen LogP contribution in [0.4, 0.5) is 10.1 Å². The van der Waals surface area contributed by atoms with Gasteiger partial charge in [0.15, 0.2) is 11.8 Å². The van der Waals surface area contributed by atoms with Gasteiger partial charge in [0.05, 0.1) is 15.6 Å². The molecule has 1 atom stereocenters. The van der Waals surface area contributed by atoms with Gasteiger partial charge in [-0.05, 0) is 36.6 Å². The van der Waals surface area contributed by atoms with Gasteiger partial charge in [0, 0.05) is 5.38 Å². The predicted molar refractivity (Wildman–Crippen MR) is 100 cm³/mol. The molecule has 9 heteroatoms. The molecule has 0 spiro atoms. The molecule has 1 amide bonds. The second-order valence-corrected chi connectivity index (χ2v) is 7.39. The lowest BCUT2D eigenvalue weighted by Gasteiger charge is -2.13. The number of benzene rings is 1.